The van der Waals surface area contributed by atoms with Gasteiger partial charge >= 0.3 is 0 Å². The van der Waals surface area contributed by atoms with Gasteiger partial charge in [0.15, 0.2) is 0 Å². The highest BCUT2D eigenvalue weighted by Gasteiger charge is 2.33. The van der Waals surface area contributed by atoms with Gasteiger partial charge in [-0.2, -0.15) is 0 Å². The van der Waals surface area contributed by atoms with Crippen LogP contribution in [0.2, 0.25) is 0 Å². The first kappa shape index (κ1) is 24.6. The van der Waals surface area contributed by atoms with Crippen molar-refractivity contribution in [3.8, 4) is 5.69 Å². The van der Waals surface area contributed by atoms with Crippen LogP contribution in [0.5, 0.6) is 0 Å². The van der Waals surface area contributed by atoms with Crippen molar-refractivity contribution < 1.29 is 14.5 Å². The van der Waals surface area contributed by atoms with Crippen LogP contribution in [-0.4, -0.2) is 41.7 Å². The van der Waals surface area contributed by atoms with Gasteiger partial charge in [0.25, 0.3) is 11.6 Å². The van der Waals surface area contributed by atoms with Crippen molar-refractivity contribution in [2.45, 2.75) is 13.8 Å². The van der Waals surface area contributed by atoms with Crippen LogP contribution in [0.4, 0.5) is 22.7 Å². The fourth-order valence-electron chi connectivity index (χ4n) is 5.57. The van der Waals surface area contributed by atoms with Gasteiger partial charge in [0, 0.05) is 41.8 Å². The molecule has 1 aromatic heterocycles. The Hall–Kier alpha value is -4.69. The number of nitrogens with zero attached hydrogens (tertiary/aromatic N) is 4. The van der Waals surface area contributed by atoms with Crippen molar-refractivity contribution in [2.24, 2.45) is 0 Å². The van der Waals surface area contributed by atoms with Crippen molar-refractivity contribution in [3.05, 3.63) is 111 Å². The van der Waals surface area contributed by atoms with Crippen LogP contribution in [0.1, 0.15) is 22.5 Å². The van der Waals surface area contributed by atoms with Gasteiger partial charge in [-0.05, 0) is 61.9 Å². The zero-order valence-corrected chi connectivity index (χ0v) is 21.8. The van der Waals surface area contributed by atoms with Gasteiger partial charge in [-0.25, -0.2) is 0 Å². The van der Waals surface area contributed by atoms with E-state index in [1.807, 2.05) is 102 Å². The second-order valence-corrected chi connectivity index (χ2v) is 9.74. The molecule has 6 rings (SSSR count). The van der Waals surface area contributed by atoms with Crippen LogP contribution in [-0.2, 0) is 9.53 Å². The summed E-state index contributed by atoms with van der Waals surface area (Å²) in [5.41, 5.74) is 7.25. The smallest absolute Gasteiger partial charge is 0.294 e. The number of anilines is 3. The molecule has 0 bridgehead atoms. The molecular formula is C31H28N4O4. The lowest BCUT2D eigenvalue weighted by atomic mass is 10.0. The first-order chi connectivity index (χ1) is 18.9. The van der Waals surface area contributed by atoms with Gasteiger partial charge in [-0.1, -0.05) is 36.4 Å². The second kappa shape index (κ2) is 9.89. The molecule has 0 N–H and O–H groups in total. The van der Waals surface area contributed by atoms with E-state index in [0.29, 0.717) is 43.3 Å². The number of ether oxygens (including phenoxy) is 1. The van der Waals surface area contributed by atoms with Gasteiger partial charge in [-0.15, -0.1) is 0 Å². The minimum absolute atomic E-state index is 0.0696. The molecule has 2 aliphatic heterocycles. The van der Waals surface area contributed by atoms with E-state index in [-0.39, 0.29) is 16.5 Å². The standard InChI is InChI=1S/C31H28N4O4/c1-21-18-23(19-27-26-10-6-7-11-28(26)34(31(27)36)24-8-4-3-5-9-24)22(2)33(21)25-12-13-29(30(20-25)35(37)38)32-14-16-39-17-15-32/h3-13,18-20H,14-17H2,1-2H3/b27-19+. The Labute approximate surface area is 226 Å². The monoisotopic (exact) mass is 520 g/mol. The fraction of sp³-hybridized carbons (Fsp3) is 0.194. The molecule has 0 unspecified atom stereocenters. The molecule has 0 aliphatic carbocycles. The molecule has 0 radical (unpaired) electrons. The number of aromatic nitrogens is 1. The highest BCUT2D eigenvalue weighted by Crippen LogP contribution is 2.42. The number of carbonyl (C=O) groups is 1. The fourth-order valence-corrected chi connectivity index (χ4v) is 5.57. The van der Waals surface area contributed by atoms with E-state index in [4.69, 9.17) is 4.74 Å². The number of para-hydroxylation sites is 2. The Bertz CT molecular complexity index is 1620. The first-order valence-electron chi connectivity index (χ1n) is 12.9. The van der Waals surface area contributed by atoms with Gasteiger partial charge < -0.3 is 14.2 Å². The normalized spacial score (nSPS) is 16.2. The average molecular weight is 521 g/mol. The van der Waals surface area contributed by atoms with E-state index < -0.39 is 0 Å². The van der Waals surface area contributed by atoms with E-state index in [1.54, 1.807) is 11.0 Å². The number of amides is 1. The molecule has 3 heterocycles. The lowest BCUT2D eigenvalue weighted by molar-refractivity contribution is -0.384. The molecule has 1 saturated heterocycles. The zero-order chi connectivity index (χ0) is 27.1. The number of morpholine rings is 1. The Morgan fingerprint density at radius 1 is 0.872 bits per heavy atom. The summed E-state index contributed by atoms with van der Waals surface area (Å²) in [5, 5.41) is 12.0. The predicted molar refractivity (Wildman–Crippen MR) is 153 cm³/mol. The third kappa shape index (κ3) is 4.28. The maximum Gasteiger partial charge on any atom is 0.294 e. The number of fused-ring (bicyclic) bond motifs is 1. The SMILES string of the molecule is Cc1cc(/C=C2/C(=O)N(c3ccccc3)c3ccccc32)c(C)n1-c1ccc(N2CCOCC2)c([N+](=O)[O-])c1. The van der Waals surface area contributed by atoms with E-state index in [2.05, 4.69) is 0 Å². The summed E-state index contributed by atoms with van der Waals surface area (Å²) in [6, 6.07) is 24.8. The molecule has 0 spiro atoms. The number of aryl methyl sites for hydroxylation is 1. The van der Waals surface area contributed by atoms with E-state index in [9.17, 15) is 14.9 Å². The topological polar surface area (TPSA) is 80.9 Å². The van der Waals surface area contributed by atoms with Gasteiger partial charge in [0.05, 0.1) is 35.1 Å². The van der Waals surface area contributed by atoms with Crippen LogP contribution in [0.15, 0.2) is 78.9 Å². The van der Waals surface area contributed by atoms with Crippen LogP contribution >= 0.6 is 0 Å². The second-order valence-electron chi connectivity index (χ2n) is 9.74. The van der Waals surface area contributed by atoms with E-state index in [0.717, 1.165) is 33.9 Å². The molecule has 4 aromatic rings. The number of rotatable bonds is 5. The lowest BCUT2D eigenvalue weighted by Gasteiger charge is -2.28. The molecule has 8 nitrogen and oxygen atoms in total. The minimum Gasteiger partial charge on any atom is -0.378 e. The molecule has 39 heavy (non-hydrogen) atoms. The third-order valence-electron chi connectivity index (χ3n) is 7.42. The summed E-state index contributed by atoms with van der Waals surface area (Å²) < 4.78 is 7.42. The molecule has 3 aromatic carbocycles. The van der Waals surface area contributed by atoms with E-state index in [1.165, 1.54) is 0 Å². The van der Waals surface area contributed by atoms with Crippen molar-refractivity contribution in [3.63, 3.8) is 0 Å². The average Bonchev–Trinajstić information content (AvgIpc) is 3.40. The molecule has 0 saturated carbocycles. The third-order valence-corrected chi connectivity index (χ3v) is 7.42. The minimum atomic E-state index is -0.322. The number of nitro groups is 1. The highest BCUT2D eigenvalue weighted by molar-refractivity contribution is 6.38. The summed E-state index contributed by atoms with van der Waals surface area (Å²) in [6.45, 7) is 6.29. The molecule has 2 aliphatic rings. The number of benzene rings is 3. The lowest BCUT2D eigenvalue weighted by Crippen LogP contribution is -2.36. The van der Waals surface area contributed by atoms with Gasteiger partial charge in [0.2, 0.25) is 0 Å². The molecular weight excluding hydrogens is 492 g/mol. The van der Waals surface area contributed by atoms with Crippen molar-refractivity contribution in [1.82, 2.24) is 4.57 Å². The van der Waals surface area contributed by atoms with E-state index >= 15 is 0 Å². The number of nitro benzene ring substituents is 1. The van der Waals surface area contributed by atoms with Gasteiger partial charge in [0.1, 0.15) is 5.69 Å². The molecule has 8 heteroatoms. The van der Waals surface area contributed by atoms with Crippen molar-refractivity contribution >= 4 is 40.3 Å². The summed E-state index contributed by atoms with van der Waals surface area (Å²) in [4.78, 5) is 29.2. The van der Waals surface area contributed by atoms with Gasteiger partial charge in [-0.3, -0.25) is 19.8 Å². The van der Waals surface area contributed by atoms with Crippen LogP contribution in [0, 0.1) is 24.0 Å². The largest absolute Gasteiger partial charge is 0.378 e. The number of hydrogen-bond donors (Lipinski definition) is 0. The molecule has 196 valence electrons. The Balaban J connectivity index is 1.41. The number of hydrogen-bond acceptors (Lipinski definition) is 5. The summed E-state index contributed by atoms with van der Waals surface area (Å²) >= 11 is 0. The summed E-state index contributed by atoms with van der Waals surface area (Å²) in [7, 11) is 0. The first-order valence-corrected chi connectivity index (χ1v) is 12.9. The molecule has 1 amide bonds. The Kier molecular flexibility index (Phi) is 6.24. The highest BCUT2D eigenvalue weighted by atomic mass is 16.6. The summed E-state index contributed by atoms with van der Waals surface area (Å²) in [5.74, 6) is -0.0855. The van der Waals surface area contributed by atoms with Crippen molar-refractivity contribution in [1.29, 1.82) is 0 Å². The zero-order valence-electron chi connectivity index (χ0n) is 21.8. The number of carbonyl (C=O) groups excluding carboxylic acids is 1. The maximum atomic E-state index is 13.7. The summed E-state index contributed by atoms with van der Waals surface area (Å²) in [6.07, 6.45) is 1.93. The maximum absolute atomic E-state index is 13.7. The Morgan fingerprint density at radius 3 is 2.33 bits per heavy atom. The van der Waals surface area contributed by atoms with Crippen LogP contribution < -0.4 is 9.80 Å². The quantitative estimate of drug-likeness (QED) is 0.182. The molecule has 0 atom stereocenters. The van der Waals surface area contributed by atoms with Crippen LogP contribution in [0.3, 0.4) is 0 Å². The van der Waals surface area contributed by atoms with Crippen LogP contribution in [0.25, 0.3) is 17.3 Å². The van der Waals surface area contributed by atoms with Crippen molar-refractivity contribution in [2.75, 3.05) is 36.1 Å². The molecule has 1 fully saturated rings. The Morgan fingerprint density at radius 2 is 1.59 bits per heavy atom. The predicted octanol–water partition coefficient (Wildman–Crippen LogP) is 6.06.